The molecule has 2 aromatic rings. The van der Waals surface area contributed by atoms with Gasteiger partial charge in [-0.25, -0.2) is 8.78 Å². The van der Waals surface area contributed by atoms with Crippen molar-refractivity contribution in [3.8, 4) is 0 Å². The maximum Gasteiger partial charge on any atom is 0.123 e. The van der Waals surface area contributed by atoms with E-state index in [1.807, 2.05) is 20.8 Å². The minimum absolute atomic E-state index is 0.163. The second-order valence-corrected chi connectivity index (χ2v) is 5.18. The van der Waals surface area contributed by atoms with Gasteiger partial charge in [0.15, 0.2) is 0 Å². The van der Waals surface area contributed by atoms with E-state index < -0.39 is 0 Å². The van der Waals surface area contributed by atoms with Gasteiger partial charge in [-0.1, -0.05) is 19.1 Å². The quantitative estimate of drug-likeness (QED) is 0.734. The topological polar surface area (TPSA) is 0 Å². The third-order valence-electron chi connectivity index (χ3n) is 3.61. The van der Waals surface area contributed by atoms with Crippen molar-refractivity contribution in [1.29, 1.82) is 0 Å². The van der Waals surface area contributed by atoms with E-state index >= 15 is 0 Å². The maximum absolute atomic E-state index is 13.3. The van der Waals surface area contributed by atoms with Crippen molar-refractivity contribution in [1.82, 2.24) is 0 Å². The Bertz CT molecular complexity index is 588. The third kappa shape index (κ3) is 3.19. The van der Waals surface area contributed by atoms with E-state index in [4.69, 9.17) is 0 Å². The molecule has 0 radical (unpaired) electrons. The Kier molecular flexibility index (Phi) is 3.98. The van der Waals surface area contributed by atoms with E-state index in [1.54, 1.807) is 24.3 Å². The van der Waals surface area contributed by atoms with Crippen LogP contribution < -0.4 is 0 Å². The summed E-state index contributed by atoms with van der Waals surface area (Å²) in [6.45, 7) is 6.00. The van der Waals surface area contributed by atoms with Crippen LogP contribution in [0.5, 0.6) is 0 Å². The van der Waals surface area contributed by atoms with E-state index in [1.165, 1.54) is 12.1 Å². The molecule has 100 valence electrons. The van der Waals surface area contributed by atoms with E-state index in [2.05, 4.69) is 0 Å². The van der Waals surface area contributed by atoms with Crippen molar-refractivity contribution < 1.29 is 8.78 Å². The zero-order valence-corrected chi connectivity index (χ0v) is 11.5. The van der Waals surface area contributed by atoms with Gasteiger partial charge in [-0.05, 0) is 72.7 Å². The number of hydrogen-bond donors (Lipinski definition) is 0. The summed E-state index contributed by atoms with van der Waals surface area (Å²) in [6.07, 6.45) is 0.716. The van der Waals surface area contributed by atoms with E-state index in [9.17, 15) is 8.78 Å². The van der Waals surface area contributed by atoms with Gasteiger partial charge in [-0.3, -0.25) is 0 Å². The molecule has 0 bridgehead atoms. The minimum Gasteiger partial charge on any atom is -0.207 e. The van der Waals surface area contributed by atoms with E-state index in [0.29, 0.717) is 6.42 Å². The Morgan fingerprint density at radius 2 is 1.47 bits per heavy atom. The summed E-state index contributed by atoms with van der Waals surface area (Å²) in [5, 5.41) is 0. The largest absolute Gasteiger partial charge is 0.207 e. The highest BCUT2D eigenvalue weighted by molar-refractivity contribution is 5.33. The first-order valence-electron chi connectivity index (χ1n) is 6.48. The molecule has 0 nitrogen and oxygen atoms in total. The lowest BCUT2D eigenvalue weighted by Crippen LogP contribution is -2.03. The Morgan fingerprint density at radius 3 is 2.16 bits per heavy atom. The third-order valence-corrected chi connectivity index (χ3v) is 3.61. The number of benzene rings is 2. The molecular formula is C17H18F2. The molecule has 0 aliphatic heterocycles. The fraction of sp³-hybridized carbons (Fsp3) is 0.294. The van der Waals surface area contributed by atoms with Gasteiger partial charge in [0.1, 0.15) is 11.6 Å². The molecule has 0 saturated heterocycles. The van der Waals surface area contributed by atoms with Crippen molar-refractivity contribution in [3.63, 3.8) is 0 Å². The molecule has 19 heavy (non-hydrogen) atoms. The van der Waals surface area contributed by atoms with Crippen LogP contribution in [0.1, 0.15) is 35.1 Å². The first-order chi connectivity index (χ1) is 8.97. The highest BCUT2D eigenvalue weighted by Crippen LogP contribution is 2.26. The molecule has 0 N–H and O–H groups in total. The minimum atomic E-state index is -0.219. The number of hydrogen-bond acceptors (Lipinski definition) is 0. The Labute approximate surface area is 113 Å². The Balaban J connectivity index is 2.27. The molecule has 1 unspecified atom stereocenters. The molecule has 0 spiro atoms. The predicted octanol–water partition coefficient (Wildman–Crippen LogP) is 4.93. The van der Waals surface area contributed by atoms with Crippen molar-refractivity contribution >= 4 is 0 Å². The molecule has 2 rings (SSSR count). The highest BCUT2D eigenvalue weighted by atomic mass is 19.1. The van der Waals surface area contributed by atoms with Gasteiger partial charge in [0.2, 0.25) is 0 Å². The van der Waals surface area contributed by atoms with Gasteiger partial charge < -0.3 is 0 Å². The van der Waals surface area contributed by atoms with E-state index in [-0.39, 0.29) is 17.6 Å². The standard InChI is InChI=1S/C17H18F2/c1-11-4-6-15(18)9-14(11)8-13(3)17-10-16(19)7-5-12(17)2/h4-7,9-10,13H,8H2,1-3H3. The lowest BCUT2D eigenvalue weighted by atomic mass is 9.89. The van der Waals surface area contributed by atoms with Gasteiger partial charge in [0.25, 0.3) is 0 Å². The van der Waals surface area contributed by atoms with Crippen LogP contribution in [0.4, 0.5) is 8.78 Å². The molecule has 0 aliphatic carbocycles. The van der Waals surface area contributed by atoms with Crippen LogP contribution in [-0.2, 0) is 6.42 Å². The lowest BCUT2D eigenvalue weighted by molar-refractivity contribution is 0.615. The zero-order chi connectivity index (χ0) is 14.0. The summed E-state index contributed by atoms with van der Waals surface area (Å²) in [5.41, 5.74) is 4.12. The summed E-state index contributed by atoms with van der Waals surface area (Å²) < 4.78 is 26.6. The van der Waals surface area contributed by atoms with Gasteiger partial charge in [0.05, 0.1) is 0 Å². The van der Waals surface area contributed by atoms with Crippen molar-refractivity contribution in [2.75, 3.05) is 0 Å². The van der Waals surface area contributed by atoms with Gasteiger partial charge in [-0.15, -0.1) is 0 Å². The number of rotatable bonds is 3. The summed E-state index contributed by atoms with van der Waals surface area (Å²) >= 11 is 0. The lowest BCUT2D eigenvalue weighted by Gasteiger charge is -2.16. The summed E-state index contributed by atoms with van der Waals surface area (Å²) in [5.74, 6) is -0.275. The highest BCUT2D eigenvalue weighted by Gasteiger charge is 2.12. The SMILES string of the molecule is Cc1ccc(F)cc1CC(C)c1cc(F)ccc1C. The molecule has 0 heterocycles. The molecule has 2 heteroatoms. The average Bonchev–Trinajstić information content (AvgIpc) is 2.36. The van der Waals surface area contributed by atoms with E-state index in [0.717, 1.165) is 22.3 Å². The van der Waals surface area contributed by atoms with Gasteiger partial charge in [0, 0.05) is 0 Å². The normalized spacial score (nSPS) is 12.5. The first-order valence-corrected chi connectivity index (χ1v) is 6.48. The second-order valence-electron chi connectivity index (χ2n) is 5.18. The summed E-state index contributed by atoms with van der Waals surface area (Å²) in [6, 6.07) is 9.67. The van der Waals surface area contributed by atoms with Crippen LogP contribution in [-0.4, -0.2) is 0 Å². The number of aryl methyl sites for hydroxylation is 2. The maximum atomic E-state index is 13.3. The Hall–Kier alpha value is -1.70. The van der Waals surface area contributed by atoms with Crippen LogP contribution in [0.3, 0.4) is 0 Å². The molecule has 0 fully saturated rings. The molecule has 0 aliphatic rings. The van der Waals surface area contributed by atoms with Gasteiger partial charge >= 0.3 is 0 Å². The van der Waals surface area contributed by atoms with Crippen LogP contribution >= 0.6 is 0 Å². The molecule has 1 atom stereocenters. The molecular weight excluding hydrogens is 242 g/mol. The zero-order valence-electron chi connectivity index (χ0n) is 11.5. The predicted molar refractivity (Wildman–Crippen MR) is 74.4 cm³/mol. The molecule has 0 amide bonds. The smallest absolute Gasteiger partial charge is 0.123 e. The Morgan fingerprint density at radius 1 is 0.895 bits per heavy atom. The molecule has 2 aromatic carbocycles. The fourth-order valence-corrected chi connectivity index (χ4v) is 2.44. The first kappa shape index (κ1) is 13.7. The van der Waals surface area contributed by atoms with Crippen molar-refractivity contribution in [3.05, 3.63) is 70.3 Å². The van der Waals surface area contributed by atoms with Crippen molar-refractivity contribution in [2.24, 2.45) is 0 Å². The van der Waals surface area contributed by atoms with Crippen LogP contribution in [0.25, 0.3) is 0 Å². The van der Waals surface area contributed by atoms with Crippen LogP contribution in [0, 0.1) is 25.5 Å². The number of halogens is 2. The van der Waals surface area contributed by atoms with Crippen LogP contribution in [0.15, 0.2) is 36.4 Å². The fourth-order valence-electron chi connectivity index (χ4n) is 2.44. The van der Waals surface area contributed by atoms with Gasteiger partial charge in [-0.2, -0.15) is 0 Å². The summed E-state index contributed by atoms with van der Waals surface area (Å²) in [4.78, 5) is 0. The molecule has 0 aromatic heterocycles. The second kappa shape index (κ2) is 5.52. The van der Waals surface area contributed by atoms with Crippen molar-refractivity contribution in [2.45, 2.75) is 33.1 Å². The summed E-state index contributed by atoms with van der Waals surface area (Å²) in [7, 11) is 0. The average molecular weight is 260 g/mol. The molecule has 0 saturated carbocycles. The van der Waals surface area contributed by atoms with Crippen LogP contribution in [0.2, 0.25) is 0 Å². The monoisotopic (exact) mass is 260 g/mol.